The Labute approximate surface area is 117 Å². The van der Waals surface area contributed by atoms with E-state index in [2.05, 4.69) is 10.6 Å². The third kappa shape index (κ3) is 3.08. The number of piperazine rings is 1. The van der Waals surface area contributed by atoms with Crippen LogP contribution in [0.2, 0.25) is 0 Å². The molecule has 3 N–H and O–H groups in total. The average molecular weight is 277 g/mol. The number of nitrogens with one attached hydrogen (secondary N) is 2. The fourth-order valence-corrected chi connectivity index (χ4v) is 2.33. The first kappa shape index (κ1) is 14.3. The lowest BCUT2D eigenvalue weighted by molar-refractivity contribution is -0.130. The van der Waals surface area contributed by atoms with Crippen molar-refractivity contribution in [2.24, 2.45) is 0 Å². The van der Waals surface area contributed by atoms with E-state index < -0.39 is 0 Å². The molecule has 0 saturated carbocycles. The molecule has 0 aromatic heterocycles. The number of phenols is 1. The summed E-state index contributed by atoms with van der Waals surface area (Å²) in [5, 5.41) is 15.6. The SMILES string of the molecule is CCNC(C)c1ccc(N2CC(=O)NC(=O)C2)cc1O. The molecule has 1 saturated heterocycles. The summed E-state index contributed by atoms with van der Waals surface area (Å²) in [6.07, 6.45) is 0. The van der Waals surface area contributed by atoms with Crippen LogP contribution in [-0.2, 0) is 9.59 Å². The Bertz CT molecular complexity index is 514. The van der Waals surface area contributed by atoms with Gasteiger partial charge in [0.05, 0.1) is 13.1 Å². The molecule has 0 radical (unpaired) electrons. The van der Waals surface area contributed by atoms with Crippen molar-refractivity contribution in [2.45, 2.75) is 19.9 Å². The van der Waals surface area contributed by atoms with Crippen molar-refractivity contribution in [2.75, 3.05) is 24.5 Å². The van der Waals surface area contributed by atoms with Crippen LogP contribution in [0.4, 0.5) is 5.69 Å². The van der Waals surface area contributed by atoms with Crippen LogP contribution in [-0.4, -0.2) is 36.6 Å². The monoisotopic (exact) mass is 277 g/mol. The highest BCUT2D eigenvalue weighted by Crippen LogP contribution is 2.29. The van der Waals surface area contributed by atoms with Gasteiger partial charge in [0, 0.05) is 23.4 Å². The zero-order valence-electron chi connectivity index (χ0n) is 11.6. The second kappa shape index (κ2) is 5.92. The Morgan fingerprint density at radius 3 is 2.55 bits per heavy atom. The second-order valence-corrected chi connectivity index (χ2v) is 4.85. The first-order valence-electron chi connectivity index (χ1n) is 6.65. The van der Waals surface area contributed by atoms with Gasteiger partial charge in [0.15, 0.2) is 0 Å². The number of carbonyl (C=O) groups is 2. The maximum absolute atomic E-state index is 11.4. The molecule has 1 fully saturated rings. The molecule has 2 amide bonds. The standard InChI is InChI=1S/C14H19N3O3/c1-3-15-9(2)11-5-4-10(6-12(11)18)17-7-13(19)16-14(20)8-17/h4-6,9,15,18H,3,7-8H2,1-2H3,(H,16,19,20). The van der Waals surface area contributed by atoms with Crippen LogP contribution in [0.5, 0.6) is 5.75 Å². The van der Waals surface area contributed by atoms with Gasteiger partial charge < -0.3 is 15.3 Å². The van der Waals surface area contributed by atoms with E-state index in [-0.39, 0.29) is 36.7 Å². The molecule has 0 bridgehead atoms. The minimum Gasteiger partial charge on any atom is -0.508 e. The van der Waals surface area contributed by atoms with E-state index in [9.17, 15) is 14.7 Å². The molecule has 108 valence electrons. The van der Waals surface area contributed by atoms with Gasteiger partial charge in [-0.2, -0.15) is 0 Å². The molecule has 2 rings (SSSR count). The third-order valence-electron chi connectivity index (χ3n) is 3.30. The lowest BCUT2D eigenvalue weighted by atomic mass is 10.1. The molecular formula is C14H19N3O3. The molecule has 6 nitrogen and oxygen atoms in total. The predicted molar refractivity (Wildman–Crippen MR) is 75.6 cm³/mol. The fourth-order valence-electron chi connectivity index (χ4n) is 2.33. The van der Waals surface area contributed by atoms with Crippen molar-refractivity contribution < 1.29 is 14.7 Å². The van der Waals surface area contributed by atoms with E-state index >= 15 is 0 Å². The number of hydrogen-bond acceptors (Lipinski definition) is 5. The normalized spacial score (nSPS) is 17.0. The number of nitrogens with zero attached hydrogens (tertiary/aromatic N) is 1. The molecule has 0 spiro atoms. The van der Waals surface area contributed by atoms with Crippen LogP contribution in [0.15, 0.2) is 18.2 Å². The van der Waals surface area contributed by atoms with Gasteiger partial charge >= 0.3 is 0 Å². The molecule has 1 aliphatic rings. The number of amides is 2. The second-order valence-electron chi connectivity index (χ2n) is 4.85. The summed E-state index contributed by atoms with van der Waals surface area (Å²) in [5.41, 5.74) is 1.46. The van der Waals surface area contributed by atoms with Crippen LogP contribution < -0.4 is 15.5 Å². The Morgan fingerprint density at radius 2 is 2.00 bits per heavy atom. The van der Waals surface area contributed by atoms with E-state index in [0.717, 1.165) is 12.1 Å². The van der Waals surface area contributed by atoms with Crippen molar-refractivity contribution >= 4 is 17.5 Å². The van der Waals surface area contributed by atoms with Gasteiger partial charge in [-0.3, -0.25) is 14.9 Å². The topological polar surface area (TPSA) is 81.7 Å². The molecule has 1 heterocycles. The van der Waals surface area contributed by atoms with Crippen molar-refractivity contribution in [3.05, 3.63) is 23.8 Å². The van der Waals surface area contributed by atoms with Gasteiger partial charge in [0.1, 0.15) is 5.75 Å². The Morgan fingerprint density at radius 1 is 1.35 bits per heavy atom. The largest absolute Gasteiger partial charge is 0.508 e. The average Bonchev–Trinajstić information content (AvgIpc) is 2.37. The lowest BCUT2D eigenvalue weighted by Gasteiger charge is -2.28. The maximum Gasteiger partial charge on any atom is 0.246 e. The summed E-state index contributed by atoms with van der Waals surface area (Å²) in [4.78, 5) is 24.4. The summed E-state index contributed by atoms with van der Waals surface area (Å²) in [5.74, 6) is -0.494. The summed E-state index contributed by atoms with van der Waals surface area (Å²) < 4.78 is 0. The molecule has 1 aliphatic heterocycles. The summed E-state index contributed by atoms with van der Waals surface area (Å²) in [6, 6.07) is 5.26. The number of imide groups is 1. The first-order chi connectivity index (χ1) is 9.51. The number of carbonyl (C=O) groups excluding carboxylic acids is 2. The number of anilines is 1. The summed E-state index contributed by atoms with van der Waals surface area (Å²) in [7, 11) is 0. The van der Waals surface area contributed by atoms with Gasteiger partial charge in [-0.25, -0.2) is 0 Å². The van der Waals surface area contributed by atoms with Gasteiger partial charge in [-0.15, -0.1) is 0 Å². The third-order valence-corrected chi connectivity index (χ3v) is 3.30. The molecule has 20 heavy (non-hydrogen) atoms. The van der Waals surface area contributed by atoms with Gasteiger partial charge in [0.25, 0.3) is 0 Å². The molecular weight excluding hydrogens is 258 g/mol. The minimum atomic E-state index is -0.328. The zero-order valence-corrected chi connectivity index (χ0v) is 11.6. The van der Waals surface area contributed by atoms with Crippen LogP contribution in [0.1, 0.15) is 25.5 Å². The van der Waals surface area contributed by atoms with Crippen LogP contribution >= 0.6 is 0 Å². The van der Waals surface area contributed by atoms with E-state index in [1.807, 2.05) is 26.0 Å². The van der Waals surface area contributed by atoms with E-state index in [0.29, 0.717) is 5.69 Å². The van der Waals surface area contributed by atoms with Crippen molar-refractivity contribution in [3.63, 3.8) is 0 Å². The lowest BCUT2D eigenvalue weighted by Crippen LogP contribution is -2.51. The van der Waals surface area contributed by atoms with Crippen LogP contribution in [0.3, 0.4) is 0 Å². The molecule has 1 aromatic rings. The zero-order chi connectivity index (χ0) is 14.7. The smallest absolute Gasteiger partial charge is 0.246 e. The Hall–Kier alpha value is -2.08. The van der Waals surface area contributed by atoms with Gasteiger partial charge in [-0.1, -0.05) is 13.0 Å². The highest BCUT2D eigenvalue weighted by atomic mass is 16.3. The number of rotatable bonds is 4. The first-order valence-corrected chi connectivity index (χ1v) is 6.65. The summed E-state index contributed by atoms with van der Waals surface area (Å²) >= 11 is 0. The number of aromatic hydroxyl groups is 1. The van der Waals surface area contributed by atoms with E-state index in [1.54, 1.807) is 11.0 Å². The van der Waals surface area contributed by atoms with Gasteiger partial charge in [-0.05, 0) is 19.5 Å². The fraction of sp³-hybridized carbons (Fsp3) is 0.429. The minimum absolute atomic E-state index is 0.0420. The quantitative estimate of drug-likeness (QED) is 0.699. The summed E-state index contributed by atoms with van der Waals surface area (Å²) in [6.45, 7) is 5.01. The van der Waals surface area contributed by atoms with Crippen molar-refractivity contribution in [1.82, 2.24) is 10.6 Å². The van der Waals surface area contributed by atoms with Crippen LogP contribution in [0.25, 0.3) is 0 Å². The number of phenolic OH excluding ortho intramolecular Hbond substituents is 1. The molecule has 6 heteroatoms. The Balaban J connectivity index is 2.20. The van der Waals surface area contributed by atoms with E-state index in [4.69, 9.17) is 0 Å². The van der Waals surface area contributed by atoms with Gasteiger partial charge in [0.2, 0.25) is 11.8 Å². The molecule has 0 aliphatic carbocycles. The molecule has 1 atom stereocenters. The number of hydrogen-bond donors (Lipinski definition) is 3. The highest BCUT2D eigenvalue weighted by molar-refractivity contribution is 6.02. The Kier molecular flexibility index (Phi) is 4.24. The number of benzene rings is 1. The predicted octanol–water partition coefficient (Wildman–Crippen LogP) is 0.526. The van der Waals surface area contributed by atoms with Crippen molar-refractivity contribution in [1.29, 1.82) is 0 Å². The van der Waals surface area contributed by atoms with Crippen LogP contribution in [0, 0.1) is 0 Å². The molecule has 1 unspecified atom stereocenters. The molecule has 1 aromatic carbocycles. The maximum atomic E-state index is 11.4. The highest BCUT2D eigenvalue weighted by Gasteiger charge is 2.23. The van der Waals surface area contributed by atoms with E-state index in [1.165, 1.54) is 0 Å². The van der Waals surface area contributed by atoms with Crippen molar-refractivity contribution in [3.8, 4) is 5.75 Å².